The smallest absolute Gasteiger partial charge is 0.327 e. The summed E-state index contributed by atoms with van der Waals surface area (Å²) in [6, 6.07) is 6.74. The fraction of sp³-hybridized carbons (Fsp3) is 0.591. The number of likely N-dealkylation sites (tertiary alicyclic amines) is 1. The molecule has 0 N–H and O–H groups in total. The van der Waals surface area contributed by atoms with E-state index < -0.39 is 11.5 Å². The molecule has 3 aliphatic rings. The van der Waals surface area contributed by atoms with E-state index in [1.165, 1.54) is 12.0 Å². The Morgan fingerprint density at radius 2 is 1.73 bits per heavy atom. The fourth-order valence-corrected chi connectivity index (χ4v) is 5.19. The molecule has 1 saturated carbocycles. The molecule has 1 aromatic rings. The summed E-state index contributed by atoms with van der Waals surface area (Å²) in [5.74, 6) is -0.335. The molecule has 2 aliphatic heterocycles. The second-order valence-corrected chi connectivity index (χ2v) is 9.00. The number of ether oxygens (including phenoxy) is 1. The molecule has 1 aromatic carbocycles. The quantitative estimate of drug-likeness (QED) is 0.524. The van der Waals surface area contributed by atoms with Crippen LogP contribution in [0, 0.1) is 5.41 Å². The number of piperazine rings is 1. The molecule has 4 rings (SSSR count). The van der Waals surface area contributed by atoms with Crippen LogP contribution in [0.15, 0.2) is 24.3 Å². The van der Waals surface area contributed by atoms with Gasteiger partial charge in [0.2, 0.25) is 11.8 Å². The lowest BCUT2D eigenvalue weighted by Gasteiger charge is -2.39. The van der Waals surface area contributed by atoms with E-state index in [2.05, 4.69) is 9.80 Å². The van der Waals surface area contributed by atoms with Gasteiger partial charge in [-0.25, -0.2) is 4.79 Å². The number of hydrogen-bond donors (Lipinski definition) is 0. The molecule has 2 amide bonds. The minimum atomic E-state index is -0.494. The van der Waals surface area contributed by atoms with Crippen LogP contribution in [0.3, 0.4) is 0 Å². The normalized spacial score (nSPS) is 23.3. The minimum Gasteiger partial charge on any atom is -0.468 e. The van der Waals surface area contributed by atoms with Crippen molar-refractivity contribution in [3.05, 3.63) is 34.9 Å². The Labute approximate surface area is 181 Å². The number of halogens is 1. The molecule has 0 bridgehead atoms. The third kappa shape index (κ3) is 3.98. The number of esters is 1. The zero-order chi connectivity index (χ0) is 21.3. The average Bonchev–Trinajstić information content (AvgIpc) is 3.31. The van der Waals surface area contributed by atoms with Crippen LogP contribution in [0.4, 0.5) is 0 Å². The monoisotopic (exact) mass is 433 g/mol. The molecule has 1 spiro atoms. The van der Waals surface area contributed by atoms with E-state index in [0.717, 1.165) is 31.2 Å². The Hall–Kier alpha value is -1.96. The summed E-state index contributed by atoms with van der Waals surface area (Å²) in [6.07, 6.45) is 4.11. The standard InChI is InChI=1S/C22H28ClN3O4/c1-30-20(28)19(16-4-6-17(23)7-5-16)25-12-10-24(11-13-25)15-26-18(27)14-22(21(26)29)8-2-3-9-22/h4-7,19H,2-3,8-15H2,1H3/t19-/m1/s1. The molecule has 8 heteroatoms. The van der Waals surface area contributed by atoms with Gasteiger partial charge >= 0.3 is 5.97 Å². The van der Waals surface area contributed by atoms with Gasteiger partial charge in [0.15, 0.2) is 0 Å². The van der Waals surface area contributed by atoms with Crippen molar-refractivity contribution in [3.8, 4) is 0 Å². The summed E-state index contributed by atoms with van der Waals surface area (Å²) >= 11 is 5.99. The maximum absolute atomic E-state index is 12.9. The van der Waals surface area contributed by atoms with E-state index in [1.807, 2.05) is 12.1 Å². The molecule has 1 aliphatic carbocycles. The van der Waals surface area contributed by atoms with Crippen molar-refractivity contribution in [2.24, 2.45) is 5.41 Å². The number of rotatable bonds is 5. The van der Waals surface area contributed by atoms with Crippen LogP contribution in [0.1, 0.15) is 43.7 Å². The summed E-state index contributed by atoms with van der Waals surface area (Å²) in [6.45, 7) is 2.97. The molecular formula is C22H28ClN3O4. The van der Waals surface area contributed by atoms with Gasteiger partial charge < -0.3 is 4.74 Å². The molecule has 0 aromatic heterocycles. The van der Waals surface area contributed by atoms with Crippen molar-refractivity contribution in [3.63, 3.8) is 0 Å². The maximum Gasteiger partial charge on any atom is 0.327 e. The van der Waals surface area contributed by atoms with Crippen molar-refractivity contribution >= 4 is 29.4 Å². The van der Waals surface area contributed by atoms with Crippen LogP contribution in [0.2, 0.25) is 5.02 Å². The summed E-state index contributed by atoms with van der Waals surface area (Å²) in [5, 5.41) is 0.618. The molecule has 0 radical (unpaired) electrons. The zero-order valence-electron chi connectivity index (χ0n) is 17.3. The molecule has 2 saturated heterocycles. The minimum absolute atomic E-state index is 0.0148. The Morgan fingerprint density at radius 1 is 1.10 bits per heavy atom. The van der Waals surface area contributed by atoms with Crippen molar-refractivity contribution in [1.29, 1.82) is 0 Å². The lowest BCUT2D eigenvalue weighted by molar-refractivity contribution is -0.148. The van der Waals surface area contributed by atoms with Crippen LogP contribution in [-0.2, 0) is 19.1 Å². The third-order valence-corrected chi connectivity index (χ3v) is 7.03. The van der Waals surface area contributed by atoms with E-state index in [-0.39, 0.29) is 17.8 Å². The zero-order valence-corrected chi connectivity index (χ0v) is 18.1. The van der Waals surface area contributed by atoms with Crippen LogP contribution < -0.4 is 0 Å². The second-order valence-electron chi connectivity index (χ2n) is 8.56. The number of hydrogen-bond acceptors (Lipinski definition) is 6. The van der Waals surface area contributed by atoms with Gasteiger partial charge in [-0.05, 0) is 30.5 Å². The van der Waals surface area contributed by atoms with E-state index in [9.17, 15) is 14.4 Å². The highest BCUT2D eigenvalue weighted by Gasteiger charge is 2.52. The molecule has 7 nitrogen and oxygen atoms in total. The van der Waals surface area contributed by atoms with Crippen LogP contribution in [-0.4, -0.2) is 72.4 Å². The number of nitrogens with zero attached hydrogens (tertiary/aromatic N) is 3. The molecular weight excluding hydrogens is 406 g/mol. The van der Waals surface area contributed by atoms with Crippen molar-refractivity contribution < 1.29 is 19.1 Å². The van der Waals surface area contributed by atoms with Crippen LogP contribution >= 0.6 is 11.6 Å². The van der Waals surface area contributed by atoms with Gasteiger partial charge in [-0.15, -0.1) is 0 Å². The Kier molecular flexibility index (Phi) is 6.14. The van der Waals surface area contributed by atoms with Gasteiger partial charge in [-0.3, -0.25) is 24.3 Å². The van der Waals surface area contributed by atoms with Crippen molar-refractivity contribution in [2.75, 3.05) is 40.0 Å². The summed E-state index contributed by atoms with van der Waals surface area (Å²) in [5.41, 5.74) is 0.413. The number of imide groups is 1. The lowest BCUT2D eigenvalue weighted by atomic mass is 9.85. The Bertz CT molecular complexity index is 814. The second kappa shape index (κ2) is 8.65. The highest BCUT2D eigenvalue weighted by atomic mass is 35.5. The first-order valence-corrected chi connectivity index (χ1v) is 11.0. The molecule has 1 atom stereocenters. The van der Waals surface area contributed by atoms with Crippen LogP contribution in [0.25, 0.3) is 0 Å². The summed E-state index contributed by atoms with van der Waals surface area (Å²) < 4.78 is 5.04. The van der Waals surface area contributed by atoms with E-state index in [0.29, 0.717) is 44.3 Å². The molecule has 162 valence electrons. The Balaban J connectivity index is 1.39. The fourth-order valence-electron chi connectivity index (χ4n) is 5.06. The van der Waals surface area contributed by atoms with Crippen LogP contribution in [0.5, 0.6) is 0 Å². The van der Waals surface area contributed by atoms with Gasteiger partial charge in [0, 0.05) is 37.6 Å². The number of amides is 2. The molecule has 2 heterocycles. The summed E-state index contributed by atoms with van der Waals surface area (Å²) in [4.78, 5) is 43.6. The number of carbonyl (C=O) groups is 3. The molecule has 0 unspecified atom stereocenters. The average molecular weight is 434 g/mol. The van der Waals surface area contributed by atoms with Gasteiger partial charge in [0.25, 0.3) is 0 Å². The predicted molar refractivity (Wildman–Crippen MR) is 112 cm³/mol. The summed E-state index contributed by atoms with van der Waals surface area (Å²) in [7, 11) is 1.39. The van der Waals surface area contributed by atoms with E-state index in [1.54, 1.807) is 12.1 Å². The highest BCUT2D eigenvalue weighted by Crippen LogP contribution is 2.46. The number of carbonyl (C=O) groups excluding carboxylic acids is 3. The first kappa shape index (κ1) is 21.3. The number of benzene rings is 1. The Morgan fingerprint density at radius 3 is 2.33 bits per heavy atom. The highest BCUT2D eigenvalue weighted by molar-refractivity contribution is 6.30. The van der Waals surface area contributed by atoms with Crippen molar-refractivity contribution in [2.45, 2.75) is 38.1 Å². The predicted octanol–water partition coefficient (Wildman–Crippen LogP) is 2.45. The van der Waals surface area contributed by atoms with E-state index >= 15 is 0 Å². The lowest BCUT2D eigenvalue weighted by Crippen LogP contribution is -2.53. The largest absolute Gasteiger partial charge is 0.468 e. The third-order valence-electron chi connectivity index (χ3n) is 6.77. The first-order chi connectivity index (χ1) is 14.4. The van der Waals surface area contributed by atoms with Gasteiger partial charge in [0.1, 0.15) is 6.04 Å². The molecule has 3 fully saturated rings. The topological polar surface area (TPSA) is 70.2 Å². The van der Waals surface area contributed by atoms with Gasteiger partial charge in [0.05, 0.1) is 19.2 Å². The maximum atomic E-state index is 12.9. The molecule has 30 heavy (non-hydrogen) atoms. The first-order valence-electron chi connectivity index (χ1n) is 10.6. The van der Waals surface area contributed by atoms with E-state index in [4.69, 9.17) is 16.3 Å². The van der Waals surface area contributed by atoms with Gasteiger partial charge in [-0.1, -0.05) is 36.6 Å². The van der Waals surface area contributed by atoms with Crippen molar-refractivity contribution in [1.82, 2.24) is 14.7 Å². The number of methoxy groups -OCH3 is 1. The SMILES string of the molecule is COC(=O)[C@@H](c1ccc(Cl)cc1)N1CCN(CN2C(=O)CC3(CCCC3)C2=O)CC1. The van der Waals surface area contributed by atoms with Gasteiger partial charge in [-0.2, -0.15) is 0 Å².